The standard InChI is InChI=1S/C19H22F6N2O5S/c1-31-13-2-4-14(5-3-13)33(29,30)26-17(8-9-17)12-6-10-27(11-7-12)16(28)32-15(18(20,21)22)19(23,24)25/h2-5,12,15,26H,6-11H2,1H3. The molecule has 1 saturated carbocycles. The summed E-state index contributed by atoms with van der Waals surface area (Å²) in [6.07, 6.45) is -16.0. The first-order valence-corrected chi connectivity index (χ1v) is 11.4. The Kier molecular flexibility index (Phi) is 6.82. The summed E-state index contributed by atoms with van der Waals surface area (Å²) in [5, 5.41) is 0. The van der Waals surface area contributed by atoms with Crippen molar-refractivity contribution in [3.05, 3.63) is 24.3 Å². The zero-order valence-corrected chi connectivity index (χ0v) is 18.2. The van der Waals surface area contributed by atoms with Crippen LogP contribution < -0.4 is 9.46 Å². The second kappa shape index (κ2) is 8.85. The van der Waals surface area contributed by atoms with Crippen LogP contribution in [0.4, 0.5) is 31.1 Å². The fourth-order valence-corrected chi connectivity index (χ4v) is 5.44. The van der Waals surface area contributed by atoms with Gasteiger partial charge in [0.1, 0.15) is 5.75 Å². The number of likely N-dealkylation sites (tertiary alicyclic amines) is 1. The average Bonchev–Trinajstić information content (AvgIpc) is 3.50. The van der Waals surface area contributed by atoms with Gasteiger partial charge in [-0.25, -0.2) is 17.9 Å². The van der Waals surface area contributed by atoms with Gasteiger partial charge in [0.15, 0.2) is 0 Å². The maximum Gasteiger partial charge on any atom is 0.434 e. The molecule has 14 heteroatoms. The third-order valence-corrected chi connectivity index (χ3v) is 7.41. The third-order valence-electron chi connectivity index (χ3n) is 5.84. The number of carbonyl (C=O) groups excluding carboxylic acids is 1. The predicted molar refractivity (Wildman–Crippen MR) is 102 cm³/mol. The van der Waals surface area contributed by atoms with Crippen molar-refractivity contribution in [3.8, 4) is 5.75 Å². The summed E-state index contributed by atoms with van der Waals surface area (Å²) in [5.41, 5.74) is -0.769. The van der Waals surface area contributed by atoms with Gasteiger partial charge in [-0.15, -0.1) is 0 Å². The summed E-state index contributed by atoms with van der Waals surface area (Å²) in [7, 11) is -2.43. The minimum Gasteiger partial charge on any atom is -0.497 e. The Morgan fingerprint density at radius 2 is 1.58 bits per heavy atom. The number of alkyl halides is 6. The van der Waals surface area contributed by atoms with Gasteiger partial charge in [-0.1, -0.05) is 0 Å². The average molecular weight is 504 g/mol. The minimum absolute atomic E-state index is 0.0286. The number of nitrogens with one attached hydrogen (secondary N) is 1. The van der Waals surface area contributed by atoms with Gasteiger partial charge >= 0.3 is 18.4 Å². The first kappa shape index (κ1) is 25.4. The van der Waals surface area contributed by atoms with Crippen LogP contribution in [0.3, 0.4) is 0 Å². The molecular weight excluding hydrogens is 482 g/mol. The number of piperidine rings is 1. The molecule has 2 fully saturated rings. The van der Waals surface area contributed by atoms with Gasteiger partial charge < -0.3 is 14.4 Å². The topological polar surface area (TPSA) is 84.9 Å². The van der Waals surface area contributed by atoms with E-state index in [4.69, 9.17) is 4.74 Å². The number of ether oxygens (including phenoxy) is 2. The number of hydrogen-bond donors (Lipinski definition) is 1. The highest BCUT2D eigenvalue weighted by Gasteiger charge is 2.60. The second-order valence-corrected chi connectivity index (χ2v) is 9.73. The van der Waals surface area contributed by atoms with E-state index in [1.54, 1.807) is 0 Å². The van der Waals surface area contributed by atoms with Crippen molar-refractivity contribution in [1.29, 1.82) is 0 Å². The van der Waals surface area contributed by atoms with Gasteiger partial charge in [0, 0.05) is 18.6 Å². The lowest BCUT2D eigenvalue weighted by Gasteiger charge is -2.36. The molecule has 33 heavy (non-hydrogen) atoms. The van der Waals surface area contributed by atoms with Crippen molar-refractivity contribution in [2.24, 2.45) is 5.92 Å². The van der Waals surface area contributed by atoms with E-state index in [-0.39, 0.29) is 36.7 Å². The Labute approximate surface area is 186 Å². The summed E-state index contributed by atoms with van der Waals surface area (Å²) >= 11 is 0. The number of rotatable bonds is 6. The molecule has 1 aliphatic carbocycles. The van der Waals surface area contributed by atoms with Crippen LogP contribution in [0.2, 0.25) is 0 Å². The first-order valence-electron chi connectivity index (χ1n) is 9.95. The van der Waals surface area contributed by atoms with E-state index < -0.39 is 40.1 Å². The Morgan fingerprint density at radius 3 is 2.00 bits per heavy atom. The van der Waals surface area contributed by atoms with Crippen molar-refractivity contribution in [1.82, 2.24) is 9.62 Å². The maximum atomic E-state index is 12.8. The maximum absolute atomic E-state index is 12.8. The van der Waals surface area contributed by atoms with E-state index in [1.165, 1.54) is 31.4 Å². The number of amides is 1. The van der Waals surface area contributed by atoms with E-state index in [2.05, 4.69) is 9.46 Å². The highest BCUT2D eigenvalue weighted by Crippen LogP contribution is 2.48. The second-order valence-electron chi connectivity index (χ2n) is 8.05. The largest absolute Gasteiger partial charge is 0.497 e. The van der Waals surface area contributed by atoms with Crippen LogP contribution in [-0.2, 0) is 14.8 Å². The molecule has 0 aromatic heterocycles. The fourth-order valence-electron chi connectivity index (χ4n) is 3.92. The lowest BCUT2D eigenvalue weighted by atomic mass is 9.88. The molecule has 0 unspecified atom stereocenters. The number of carbonyl (C=O) groups is 1. The van der Waals surface area contributed by atoms with Crippen LogP contribution in [0.1, 0.15) is 25.7 Å². The molecule has 1 saturated heterocycles. The molecule has 1 amide bonds. The van der Waals surface area contributed by atoms with Gasteiger partial charge in [0.25, 0.3) is 6.10 Å². The molecular formula is C19H22F6N2O5S. The lowest BCUT2D eigenvalue weighted by molar-refractivity contribution is -0.308. The summed E-state index contributed by atoms with van der Waals surface area (Å²) in [6, 6.07) is 5.75. The first-order chi connectivity index (χ1) is 15.2. The molecule has 0 bridgehead atoms. The minimum atomic E-state index is -5.79. The predicted octanol–water partition coefficient (Wildman–Crippen LogP) is 3.85. The molecule has 1 aromatic rings. The van der Waals surface area contributed by atoms with Crippen molar-refractivity contribution < 1.29 is 49.0 Å². The van der Waals surface area contributed by atoms with Crippen LogP contribution in [0.25, 0.3) is 0 Å². The molecule has 0 spiro atoms. The van der Waals surface area contributed by atoms with Gasteiger partial charge in [-0.3, -0.25) is 0 Å². The number of methoxy groups -OCH3 is 1. The van der Waals surface area contributed by atoms with Crippen molar-refractivity contribution >= 4 is 16.1 Å². The Bertz CT molecular complexity index is 938. The number of benzene rings is 1. The van der Waals surface area contributed by atoms with E-state index in [0.29, 0.717) is 18.6 Å². The van der Waals surface area contributed by atoms with Gasteiger partial charge in [-0.05, 0) is 55.9 Å². The van der Waals surface area contributed by atoms with Crippen LogP contribution in [0.5, 0.6) is 5.75 Å². The molecule has 1 aromatic carbocycles. The highest BCUT2D eigenvalue weighted by atomic mass is 32.2. The summed E-state index contributed by atoms with van der Waals surface area (Å²) in [5.74, 6) is 0.239. The zero-order valence-electron chi connectivity index (χ0n) is 17.4. The summed E-state index contributed by atoms with van der Waals surface area (Å²) in [6.45, 7) is -0.310. The molecule has 0 radical (unpaired) electrons. The Morgan fingerprint density at radius 1 is 1.06 bits per heavy atom. The van der Waals surface area contributed by atoms with E-state index in [0.717, 1.165) is 4.90 Å². The van der Waals surface area contributed by atoms with Crippen molar-refractivity contribution in [2.75, 3.05) is 20.2 Å². The molecule has 1 heterocycles. The van der Waals surface area contributed by atoms with Gasteiger partial charge in [-0.2, -0.15) is 26.3 Å². The molecule has 186 valence electrons. The Balaban J connectivity index is 1.60. The molecule has 0 atom stereocenters. The Hall–Kier alpha value is -2.22. The smallest absolute Gasteiger partial charge is 0.434 e. The lowest BCUT2D eigenvalue weighted by Crippen LogP contribution is -2.51. The van der Waals surface area contributed by atoms with Crippen LogP contribution in [0, 0.1) is 5.92 Å². The zero-order chi connectivity index (χ0) is 24.7. The molecule has 1 N–H and O–H groups in total. The number of hydrogen-bond acceptors (Lipinski definition) is 5. The van der Waals surface area contributed by atoms with Gasteiger partial charge in [0.05, 0.1) is 12.0 Å². The third kappa shape index (κ3) is 5.83. The number of halogens is 6. The van der Waals surface area contributed by atoms with Crippen LogP contribution in [-0.4, -0.2) is 63.6 Å². The molecule has 1 aliphatic heterocycles. The quantitative estimate of drug-likeness (QED) is 0.595. The van der Waals surface area contributed by atoms with Crippen molar-refractivity contribution in [3.63, 3.8) is 0 Å². The SMILES string of the molecule is COc1ccc(S(=O)(=O)NC2(C3CCN(C(=O)OC(C(F)(F)F)C(F)(F)F)CC3)CC2)cc1. The summed E-state index contributed by atoms with van der Waals surface area (Å²) in [4.78, 5) is 12.7. The fraction of sp³-hybridized carbons (Fsp3) is 0.632. The van der Waals surface area contributed by atoms with E-state index in [9.17, 15) is 39.6 Å². The highest BCUT2D eigenvalue weighted by molar-refractivity contribution is 7.89. The van der Waals surface area contributed by atoms with E-state index >= 15 is 0 Å². The van der Waals surface area contributed by atoms with Crippen LogP contribution in [0.15, 0.2) is 29.2 Å². The van der Waals surface area contributed by atoms with Gasteiger partial charge in [0.2, 0.25) is 10.0 Å². The summed E-state index contributed by atoms with van der Waals surface area (Å²) < 4.78 is 113. The normalized spacial score (nSPS) is 19.5. The molecule has 7 nitrogen and oxygen atoms in total. The number of sulfonamides is 1. The number of nitrogens with zero attached hydrogens (tertiary/aromatic N) is 1. The van der Waals surface area contributed by atoms with Crippen LogP contribution >= 0.6 is 0 Å². The monoisotopic (exact) mass is 504 g/mol. The van der Waals surface area contributed by atoms with Crippen molar-refractivity contribution in [2.45, 2.75) is 54.6 Å². The van der Waals surface area contributed by atoms with E-state index in [1.807, 2.05) is 0 Å². The molecule has 3 rings (SSSR count). The molecule has 2 aliphatic rings.